The van der Waals surface area contributed by atoms with E-state index in [-0.39, 0.29) is 11.6 Å². The molecule has 1 amide bonds. The van der Waals surface area contributed by atoms with Crippen LogP contribution >= 0.6 is 0 Å². The first-order valence-electron chi connectivity index (χ1n) is 7.72. The van der Waals surface area contributed by atoms with Crippen molar-refractivity contribution >= 4 is 21.9 Å². The number of carboxylic acid groups (broad SMARTS) is 1. The lowest BCUT2D eigenvalue weighted by Gasteiger charge is -2.31. The van der Waals surface area contributed by atoms with Crippen LogP contribution in [0.3, 0.4) is 0 Å². The van der Waals surface area contributed by atoms with Gasteiger partial charge in [-0.3, -0.25) is 9.59 Å². The van der Waals surface area contributed by atoms with Gasteiger partial charge in [-0.1, -0.05) is 18.2 Å². The van der Waals surface area contributed by atoms with Crippen LogP contribution in [0, 0.1) is 0 Å². The molecule has 0 aromatic heterocycles. The topological polar surface area (TPSA) is 113 Å². The molecule has 0 saturated carbocycles. The maximum Gasteiger partial charge on any atom is 0.322 e. The van der Waals surface area contributed by atoms with Crippen LogP contribution in [0.25, 0.3) is 0 Å². The number of nitrogens with zero attached hydrogens (tertiary/aromatic N) is 1. The van der Waals surface area contributed by atoms with E-state index in [2.05, 4.69) is 5.32 Å². The first-order chi connectivity index (χ1) is 12.4. The Morgan fingerprint density at radius 2 is 1.69 bits per heavy atom. The molecular weight excluding hydrogens is 360 g/mol. The van der Waals surface area contributed by atoms with Crippen LogP contribution in [0.2, 0.25) is 0 Å². The van der Waals surface area contributed by atoms with Gasteiger partial charge in [-0.25, -0.2) is 8.42 Å². The fourth-order valence-corrected chi connectivity index (χ4v) is 4.01. The van der Waals surface area contributed by atoms with E-state index in [9.17, 15) is 23.1 Å². The van der Waals surface area contributed by atoms with E-state index in [1.807, 2.05) is 18.2 Å². The number of carbonyl (C=O) groups excluding carboxylic acids is 1. The Balaban J connectivity index is 1.83. The Hall–Kier alpha value is -2.91. The summed E-state index contributed by atoms with van der Waals surface area (Å²) in [5, 5.41) is 11.6. The van der Waals surface area contributed by atoms with E-state index >= 15 is 0 Å². The molecule has 1 saturated heterocycles. The smallest absolute Gasteiger partial charge is 0.322 e. The molecule has 2 aromatic carbocycles. The third-order valence-electron chi connectivity index (χ3n) is 3.85. The molecule has 0 spiro atoms. The number of sulfonamides is 1. The molecule has 26 heavy (non-hydrogen) atoms. The molecule has 1 aliphatic rings. The van der Waals surface area contributed by atoms with Gasteiger partial charge in [0.05, 0.1) is 18.0 Å². The van der Waals surface area contributed by atoms with Gasteiger partial charge < -0.3 is 15.2 Å². The van der Waals surface area contributed by atoms with Crippen molar-refractivity contribution < 1.29 is 27.9 Å². The van der Waals surface area contributed by atoms with Crippen molar-refractivity contribution in [1.82, 2.24) is 9.62 Å². The zero-order valence-electron chi connectivity index (χ0n) is 13.5. The molecule has 3 rings (SSSR count). The van der Waals surface area contributed by atoms with Gasteiger partial charge in [0.1, 0.15) is 17.5 Å². The highest BCUT2D eigenvalue weighted by atomic mass is 32.2. The van der Waals surface area contributed by atoms with Crippen molar-refractivity contribution in [3.05, 3.63) is 54.6 Å². The van der Waals surface area contributed by atoms with Gasteiger partial charge in [0.2, 0.25) is 15.9 Å². The summed E-state index contributed by atoms with van der Waals surface area (Å²) >= 11 is 0. The number of carboxylic acids is 1. The summed E-state index contributed by atoms with van der Waals surface area (Å²) in [6.45, 7) is -0.388. The second kappa shape index (κ2) is 7.14. The number of rotatable bonds is 5. The van der Waals surface area contributed by atoms with E-state index in [0.717, 1.165) is 4.31 Å². The molecule has 0 bridgehead atoms. The van der Waals surface area contributed by atoms with Crippen molar-refractivity contribution in [1.29, 1.82) is 0 Å². The highest BCUT2D eigenvalue weighted by Crippen LogP contribution is 2.26. The summed E-state index contributed by atoms with van der Waals surface area (Å²) in [7, 11) is -4.09. The largest absolute Gasteiger partial charge is 0.480 e. The maximum atomic E-state index is 12.7. The second-order valence-corrected chi connectivity index (χ2v) is 7.49. The molecule has 1 fully saturated rings. The number of aliphatic carboxylic acids is 1. The Labute approximate surface area is 150 Å². The van der Waals surface area contributed by atoms with Gasteiger partial charge in [-0.2, -0.15) is 4.31 Å². The lowest BCUT2D eigenvalue weighted by Crippen LogP contribution is -2.56. The van der Waals surface area contributed by atoms with E-state index in [1.54, 1.807) is 12.1 Å². The molecule has 1 aliphatic heterocycles. The minimum Gasteiger partial charge on any atom is -0.480 e. The van der Waals surface area contributed by atoms with E-state index in [1.165, 1.54) is 24.3 Å². The quantitative estimate of drug-likeness (QED) is 0.816. The molecule has 136 valence electrons. The Morgan fingerprint density at radius 3 is 2.31 bits per heavy atom. The number of carbonyl (C=O) groups is 2. The van der Waals surface area contributed by atoms with E-state index in [4.69, 9.17) is 4.74 Å². The van der Waals surface area contributed by atoms with Gasteiger partial charge in [0, 0.05) is 0 Å². The summed E-state index contributed by atoms with van der Waals surface area (Å²) < 4.78 is 31.9. The average molecular weight is 376 g/mol. The summed E-state index contributed by atoms with van der Waals surface area (Å²) in [4.78, 5) is 22.6. The average Bonchev–Trinajstić information content (AvgIpc) is 2.62. The van der Waals surface area contributed by atoms with Gasteiger partial charge in [-0.15, -0.1) is 0 Å². The van der Waals surface area contributed by atoms with E-state index < -0.39 is 34.4 Å². The van der Waals surface area contributed by atoms with Crippen LogP contribution in [0.4, 0.5) is 0 Å². The summed E-state index contributed by atoms with van der Waals surface area (Å²) in [6, 6.07) is 13.2. The van der Waals surface area contributed by atoms with Crippen LogP contribution in [0.15, 0.2) is 59.5 Å². The van der Waals surface area contributed by atoms with Crippen LogP contribution in [-0.4, -0.2) is 42.4 Å². The van der Waals surface area contributed by atoms with Gasteiger partial charge in [0.15, 0.2) is 0 Å². The first kappa shape index (κ1) is 17.9. The Morgan fingerprint density at radius 1 is 1.08 bits per heavy atom. The van der Waals surface area contributed by atoms with Crippen molar-refractivity contribution in [2.45, 2.75) is 17.4 Å². The van der Waals surface area contributed by atoms with Crippen molar-refractivity contribution in [2.24, 2.45) is 0 Å². The maximum absolute atomic E-state index is 12.7. The van der Waals surface area contributed by atoms with E-state index in [0.29, 0.717) is 11.5 Å². The molecule has 0 unspecified atom stereocenters. The lowest BCUT2D eigenvalue weighted by molar-refractivity contribution is -0.145. The van der Waals surface area contributed by atoms with Crippen molar-refractivity contribution in [2.75, 3.05) is 6.67 Å². The number of para-hydroxylation sites is 1. The number of nitrogens with one attached hydrogen (secondary N) is 1. The monoisotopic (exact) mass is 376 g/mol. The normalized spacial score (nSPS) is 18.2. The SMILES string of the molecule is O=C1C[C@H](C(=O)O)N(S(=O)(=O)c2ccc(Oc3ccccc3)cc2)CN1. The molecule has 1 atom stereocenters. The molecular formula is C17H16N2O6S. The molecule has 1 heterocycles. The highest BCUT2D eigenvalue weighted by Gasteiger charge is 2.40. The zero-order chi connectivity index (χ0) is 18.7. The molecule has 2 N–H and O–H groups in total. The molecule has 8 nitrogen and oxygen atoms in total. The van der Waals surface area contributed by atoms with Crippen LogP contribution < -0.4 is 10.1 Å². The van der Waals surface area contributed by atoms with Crippen LogP contribution in [0.5, 0.6) is 11.5 Å². The third kappa shape index (κ3) is 3.68. The van der Waals surface area contributed by atoms with Gasteiger partial charge in [0.25, 0.3) is 0 Å². The Kier molecular flexibility index (Phi) is 4.92. The summed E-state index contributed by atoms with van der Waals surface area (Å²) in [5.74, 6) is -0.826. The minimum atomic E-state index is -4.09. The molecule has 0 aliphatic carbocycles. The predicted molar refractivity (Wildman–Crippen MR) is 91.0 cm³/mol. The van der Waals surface area contributed by atoms with Crippen LogP contribution in [-0.2, 0) is 19.6 Å². The number of benzene rings is 2. The van der Waals surface area contributed by atoms with Crippen LogP contribution in [0.1, 0.15) is 6.42 Å². The second-order valence-electron chi connectivity index (χ2n) is 5.59. The first-order valence-corrected chi connectivity index (χ1v) is 9.16. The third-order valence-corrected chi connectivity index (χ3v) is 5.72. The standard InChI is InChI=1S/C17H16N2O6S/c20-16-10-15(17(21)22)19(11-18-16)26(23,24)14-8-6-13(7-9-14)25-12-4-2-1-3-5-12/h1-9,15H,10-11H2,(H,18,20)(H,21,22)/t15-/m1/s1. The number of hydrogen-bond donors (Lipinski definition) is 2. The van der Waals surface area contributed by atoms with Gasteiger partial charge >= 0.3 is 5.97 Å². The summed E-state index contributed by atoms with van der Waals surface area (Å²) in [5.41, 5.74) is 0. The molecule has 9 heteroatoms. The zero-order valence-corrected chi connectivity index (χ0v) is 14.3. The van der Waals surface area contributed by atoms with Gasteiger partial charge in [-0.05, 0) is 36.4 Å². The number of amides is 1. The summed E-state index contributed by atoms with van der Waals surface area (Å²) in [6.07, 6.45) is -0.427. The lowest BCUT2D eigenvalue weighted by atomic mass is 10.2. The predicted octanol–water partition coefficient (Wildman–Crippen LogP) is 1.40. The fraction of sp³-hybridized carbons (Fsp3) is 0.176. The fourth-order valence-electron chi connectivity index (χ4n) is 2.53. The number of ether oxygens (including phenoxy) is 1. The van der Waals surface area contributed by atoms with Crippen molar-refractivity contribution in [3.63, 3.8) is 0 Å². The molecule has 2 aromatic rings. The highest BCUT2D eigenvalue weighted by molar-refractivity contribution is 7.89. The van der Waals surface area contributed by atoms with Crippen molar-refractivity contribution in [3.8, 4) is 11.5 Å². The minimum absolute atomic E-state index is 0.0830. The Bertz CT molecular complexity index is 912. The molecule has 0 radical (unpaired) electrons. The number of hydrogen-bond acceptors (Lipinski definition) is 5.